The number of hydrogen-bond acceptors (Lipinski definition) is 6. The second-order valence-corrected chi connectivity index (χ2v) is 7.00. The molecule has 0 radical (unpaired) electrons. The summed E-state index contributed by atoms with van der Waals surface area (Å²) in [7, 11) is 0. The van der Waals surface area contributed by atoms with Gasteiger partial charge in [0.2, 0.25) is 11.7 Å². The van der Waals surface area contributed by atoms with Crippen molar-refractivity contribution in [2.45, 2.75) is 25.8 Å². The summed E-state index contributed by atoms with van der Waals surface area (Å²) in [4.78, 5) is 7.01. The Labute approximate surface area is 148 Å². The molecule has 6 nitrogen and oxygen atoms in total. The van der Waals surface area contributed by atoms with Crippen LogP contribution < -0.4 is 5.32 Å². The summed E-state index contributed by atoms with van der Waals surface area (Å²) < 4.78 is 10.9. The van der Waals surface area contributed by atoms with Gasteiger partial charge in [0.15, 0.2) is 0 Å². The standard InChI is InChI=1S/C19H26N4O2/c1-2-16(14-23-8-10-24-11-9-23)12-17(3-1)19-21-18(25-22-19)5-4-15-6-7-20-13-15/h1-3,12,15,20H,4-11,13-14H2. The minimum absolute atomic E-state index is 0.698. The van der Waals surface area contributed by atoms with E-state index in [-0.39, 0.29) is 0 Å². The molecule has 4 rings (SSSR count). The molecule has 0 aliphatic carbocycles. The van der Waals surface area contributed by atoms with E-state index in [9.17, 15) is 0 Å². The van der Waals surface area contributed by atoms with Crippen molar-refractivity contribution in [3.05, 3.63) is 35.7 Å². The maximum Gasteiger partial charge on any atom is 0.226 e. The lowest BCUT2D eigenvalue weighted by molar-refractivity contribution is 0.0342. The second-order valence-electron chi connectivity index (χ2n) is 7.00. The van der Waals surface area contributed by atoms with Crippen LogP contribution in [0.25, 0.3) is 11.4 Å². The van der Waals surface area contributed by atoms with Gasteiger partial charge in [-0.2, -0.15) is 4.98 Å². The molecule has 134 valence electrons. The predicted octanol–water partition coefficient (Wildman–Crippen LogP) is 2.11. The monoisotopic (exact) mass is 342 g/mol. The topological polar surface area (TPSA) is 63.4 Å². The molecule has 1 N–H and O–H groups in total. The van der Waals surface area contributed by atoms with Crippen molar-refractivity contribution in [2.75, 3.05) is 39.4 Å². The van der Waals surface area contributed by atoms with Gasteiger partial charge in [-0.05, 0) is 43.5 Å². The fourth-order valence-corrected chi connectivity index (χ4v) is 3.59. The van der Waals surface area contributed by atoms with Crippen LogP contribution in [0.5, 0.6) is 0 Å². The van der Waals surface area contributed by atoms with Crippen LogP contribution in [0, 0.1) is 5.92 Å². The molecule has 3 heterocycles. The van der Waals surface area contributed by atoms with Crippen molar-refractivity contribution in [3.63, 3.8) is 0 Å². The molecule has 2 aliphatic rings. The first-order valence-electron chi connectivity index (χ1n) is 9.29. The fourth-order valence-electron chi connectivity index (χ4n) is 3.59. The summed E-state index contributed by atoms with van der Waals surface area (Å²) in [5.41, 5.74) is 2.31. The second kappa shape index (κ2) is 8.08. The molecule has 2 saturated heterocycles. The van der Waals surface area contributed by atoms with Crippen molar-refractivity contribution >= 4 is 0 Å². The molecule has 1 aromatic heterocycles. The molecule has 25 heavy (non-hydrogen) atoms. The van der Waals surface area contributed by atoms with Gasteiger partial charge < -0.3 is 14.6 Å². The molecule has 0 saturated carbocycles. The molecule has 1 aromatic carbocycles. The fraction of sp³-hybridized carbons (Fsp3) is 0.579. The minimum Gasteiger partial charge on any atom is -0.379 e. The number of rotatable bonds is 6. The largest absolute Gasteiger partial charge is 0.379 e. The van der Waals surface area contributed by atoms with Gasteiger partial charge in [0.25, 0.3) is 0 Å². The quantitative estimate of drug-likeness (QED) is 0.867. The molecule has 2 aliphatic heterocycles. The smallest absolute Gasteiger partial charge is 0.226 e. The van der Waals surface area contributed by atoms with Crippen LogP contribution in [0.4, 0.5) is 0 Å². The van der Waals surface area contributed by atoms with E-state index in [0.717, 1.165) is 76.2 Å². The van der Waals surface area contributed by atoms with Gasteiger partial charge in [0, 0.05) is 31.6 Å². The Morgan fingerprint density at radius 1 is 1.24 bits per heavy atom. The summed E-state index contributed by atoms with van der Waals surface area (Å²) in [5, 5.41) is 7.59. The Hall–Kier alpha value is -1.76. The van der Waals surface area contributed by atoms with Gasteiger partial charge in [-0.15, -0.1) is 0 Å². The number of benzene rings is 1. The van der Waals surface area contributed by atoms with Gasteiger partial charge in [0.05, 0.1) is 13.2 Å². The van der Waals surface area contributed by atoms with Gasteiger partial charge in [-0.1, -0.05) is 23.4 Å². The zero-order chi connectivity index (χ0) is 16.9. The van der Waals surface area contributed by atoms with E-state index < -0.39 is 0 Å². The van der Waals surface area contributed by atoms with Gasteiger partial charge in [-0.25, -0.2) is 0 Å². The number of hydrogen-bond donors (Lipinski definition) is 1. The SMILES string of the molecule is c1cc(CN2CCOCC2)cc(-c2noc(CCC3CCNC3)n2)c1. The van der Waals surface area contributed by atoms with E-state index in [1.807, 2.05) is 0 Å². The van der Waals surface area contributed by atoms with E-state index in [2.05, 4.69) is 44.6 Å². The van der Waals surface area contributed by atoms with Crippen molar-refractivity contribution < 1.29 is 9.26 Å². The molecular weight excluding hydrogens is 316 g/mol. The van der Waals surface area contributed by atoms with Gasteiger partial charge >= 0.3 is 0 Å². The molecule has 0 spiro atoms. The van der Waals surface area contributed by atoms with E-state index in [0.29, 0.717) is 5.82 Å². The van der Waals surface area contributed by atoms with Crippen LogP contribution in [0.2, 0.25) is 0 Å². The molecule has 2 aromatic rings. The third kappa shape index (κ3) is 4.45. The molecule has 0 amide bonds. The highest BCUT2D eigenvalue weighted by atomic mass is 16.5. The maximum absolute atomic E-state index is 5.46. The summed E-state index contributed by atoms with van der Waals surface area (Å²) in [6.45, 7) is 6.82. The average molecular weight is 342 g/mol. The van der Waals surface area contributed by atoms with Crippen LogP contribution in [-0.4, -0.2) is 54.4 Å². The normalized spacial score (nSPS) is 21.7. The Kier molecular flexibility index (Phi) is 5.40. The number of morpholine rings is 1. The molecular formula is C19H26N4O2. The van der Waals surface area contributed by atoms with Crippen LogP contribution in [0.15, 0.2) is 28.8 Å². The van der Waals surface area contributed by atoms with Crippen molar-refractivity contribution in [1.29, 1.82) is 0 Å². The lowest BCUT2D eigenvalue weighted by atomic mass is 10.0. The number of aromatic nitrogens is 2. The third-order valence-electron chi connectivity index (χ3n) is 5.09. The van der Waals surface area contributed by atoms with Crippen LogP contribution in [-0.2, 0) is 17.7 Å². The lowest BCUT2D eigenvalue weighted by Crippen LogP contribution is -2.35. The number of aryl methyl sites for hydroxylation is 1. The molecule has 1 unspecified atom stereocenters. The zero-order valence-corrected chi connectivity index (χ0v) is 14.6. The summed E-state index contributed by atoms with van der Waals surface area (Å²) in [6.07, 6.45) is 3.24. The van der Waals surface area contributed by atoms with Crippen LogP contribution >= 0.6 is 0 Å². The Bertz CT molecular complexity index is 676. The van der Waals surface area contributed by atoms with Crippen molar-refractivity contribution in [1.82, 2.24) is 20.4 Å². The number of nitrogens with one attached hydrogen (secondary N) is 1. The maximum atomic E-state index is 5.46. The van der Waals surface area contributed by atoms with E-state index >= 15 is 0 Å². The zero-order valence-electron chi connectivity index (χ0n) is 14.6. The van der Waals surface area contributed by atoms with Crippen LogP contribution in [0.1, 0.15) is 24.3 Å². The van der Waals surface area contributed by atoms with E-state index in [1.165, 1.54) is 12.0 Å². The predicted molar refractivity (Wildman–Crippen MR) is 95.1 cm³/mol. The first kappa shape index (κ1) is 16.7. The Morgan fingerprint density at radius 3 is 3.00 bits per heavy atom. The highest BCUT2D eigenvalue weighted by molar-refractivity contribution is 5.55. The highest BCUT2D eigenvalue weighted by Crippen LogP contribution is 2.20. The Morgan fingerprint density at radius 2 is 2.16 bits per heavy atom. The highest BCUT2D eigenvalue weighted by Gasteiger charge is 2.17. The minimum atomic E-state index is 0.698. The lowest BCUT2D eigenvalue weighted by Gasteiger charge is -2.26. The summed E-state index contributed by atoms with van der Waals surface area (Å²) >= 11 is 0. The van der Waals surface area contributed by atoms with Crippen molar-refractivity contribution in [3.8, 4) is 11.4 Å². The van der Waals surface area contributed by atoms with E-state index in [4.69, 9.17) is 9.26 Å². The number of ether oxygens (including phenoxy) is 1. The molecule has 2 fully saturated rings. The third-order valence-corrected chi connectivity index (χ3v) is 5.09. The molecule has 1 atom stereocenters. The van der Waals surface area contributed by atoms with Gasteiger partial charge in [0.1, 0.15) is 0 Å². The number of nitrogens with zero attached hydrogens (tertiary/aromatic N) is 3. The van der Waals surface area contributed by atoms with E-state index in [1.54, 1.807) is 0 Å². The van der Waals surface area contributed by atoms with Crippen LogP contribution in [0.3, 0.4) is 0 Å². The summed E-state index contributed by atoms with van der Waals surface area (Å²) in [6, 6.07) is 8.46. The van der Waals surface area contributed by atoms with Crippen molar-refractivity contribution in [2.24, 2.45) is 5.92 Å². The first-order valence-corrected chi connectivity index (χ1v) is 9.29. The molecule has 6 heteroatoms. The first-order chi connectivity index (χ1) is 12.4. The Balaban J connectivity index is 1.38. The molecule has 0 bridgehead atoms. The van der Waals surface area contributed by atoms with Gasteiger partial charge in [-0.3, -0.25) is 4.90 Å². The average Bonchev–Trinajstić information content (AvgIpc) is 3.33. The summed E-state index contributed by atoms with van der Waals surface area (Å²) in [5.74, 6) is 2.19.